The number of para-hydroxylation sites is 1. The zero-order valence-corrected chi connectivity index (χ0v) is 14.1. The first kappa shape index (κ1) is 15.2. The molecule has 0 atom stereocenters. The van der Waals surface area contributed by atoms with E-state index in [1.807, 2.05) is 12.1 Å². The molecule has 0 radical (unpaired) electrons. The van der Waals surface area contributed by atoms with E-state index in [1.165, 1.54) is 11.1 Å². The van der Waals surface area contributed by atoms with Crippen molar-refractivity contribution in [3.63, 3.8) is 0 Å². The molecule has 23 heavy (non-hydrogen) atoms. The molecule has 2 saturated heterocycles. The highest BCUT2D eigenvalue weighted by atomic mass is 32.2. The Labute approximate surface area is 137 Å². The van der Waals surface area contributed by atoms with E-state index in [-0.39, 0.29) is 0 Å². The molecule has 1 aromatic carbocycles. The fourth-order valence-corrected chi connectivity index (χ4v) is 5.51. The molecule has 3 heterocycles. The van der Waals surface area contributed by atoms with E-state index in [9.17, 15) is 8.42 Å². The summed E-state index contributed by atoms with van der Waals surface area (Å²) in [6, 6.07) is 10.5. The van der Waals surface area contributed by atoms with E-state index < -0.39 is 10.2 Å². The van der Waals surface area contributed by atoms with Crippen LogP contribution in [0.2, 0.25) is 0 Å². The average molecular weight is 333 g/mol. The third-order valence-corrected chi connectivity index (χ3v) is 7.20. The molecule has 1 N–H and O–H groups in total. The molecule has 5 nitrogen and oxygen atoms in total. The number of piperidine rings is 1. The van der Waals surface area contributed by atoms with Crippen LogP contribution in [0.3, 0.4) is 0 Å². The van der Waals surface area contributed by atoms with Crippen LogP contribution in [-0.2, 0) is 10.2 Å². The number of nitrogens with zero attached hydrogens (tertiary/aromatic N) is 2. The second kappa shape index (κ2) is 5.92. The van der Waals surface area contributed by atoms with Gasteiger partial charge in [-0.1, -0.05) is 18.2 Å². The maximum Gasteiger partial charge on any atom is 0.281 e. The zero-order chi connectivity index (χ0) is 15.9. The van der Waals surface area contributed by atoms with Gasteiger partial charge in [-0.2, -0.15) is 17.0 Å². The number of aromatic amines is 1. The SMILES string of the molecule is O=S(=O)(N1CCCC1)N1CCC(c2cc3ccccc3[nH]2)CC1. The lowest BCUT2D eigenvalue weighted by atomic mass is 9.95. The Morgan fingerprint density at radius 1 is 0.957 bits per heavy atom. The fraction of sp³-hybridized carbons (Fsp3) is 0.529. The van der Waals surface area contributed by atoms with Gasteiger partial charge in [0.1, 0.15) is 0 Å². The normalized spacial score (nSPS) is 22.1. The highest BCUT2D eigenvalue weighted by Crippen LogP contribution is 2.31. The van der Waals surface area contributed by atoms with Crippen LogP contribution in [0.5, 0.6) is 0 Å². The second-order valence-electron chi connectivity index (χ2n) is 6.60. The van der Waals surface area contributed by atoms with Crippen LogP contribution in [0.1, 0.15) is 37.3 Å². The molecule has 0 unspecified atom stereocenters. The Balaban J connectivity index is 1.46. The number of rotatable bonds is 3. The van der Waals surface area contributed by atoms with Crippen molar-refractivity contribution in [2.75, 3.05) is 26.2 Å². The molecule has 0 spiro atoms. The lowest BCUT2D eigenvalue weighted by Crippen LogP contribution is -2.45. The number of hydrogen-bond donors (Lipinski definition) is 1. The number of benzene rings is 1. The summed E-state index contributed by atoms with van der Waals surface area (Å²) >= 11 is 0. The van der Waals surface area contributed by atoms with Crippen LogP contribution in [-0.4, -0.2) is 48.2 Å². The van der Waals surface area contributed by atoms with Crippen molar-refractivity contribution in [3.05, 3.63) is 36.0 Å². The molecule has 2 fully saturated rings. The molecule has 0 bridgehead atoms. The van der Waals surface area contributed by atoms with Crippen molar-refractivity contribution >= 4 is 21.1 Å². The molecule has 4 rings (SSSR count). The molecule has 2 aromatic rings. The van der Waals surface area contributed by atoms with Gasteiger partial charge < -0.3 is 4.98 Å². The largest absolute Gasteiger partial charge is 0.358 e. The van der Waals surface area contributed by atoms with Crippen LogP contribution in [0.4, 0.5) is 0 Å². The Bertz CT molecular complexity index is 752. The summed E-state index contributed by atoms with van der Waals surface area (Å²) in [6.07, 6.45) is 3.76. The molecule has 0 saturated carbocycles. The third kappa shape index (κ3) is 2.79. The van der Waals surface area contributed by atoms with Crippen LogP contribution in [0.15, 0.2) is 30.3 Å². The van der Waals surface area contributed by atoms with Gasteiger partial charge in [0.25, 0.3) is 10.2 Å². The second-order valence-corrected chi connectivity index (χ2v) is 8.53. The van der Waals surface area contributed by atoms with E-state index in [0.29, 0.717) is 32.1 Å². The molecule has 1 aromatic heterocycles. The van der Waals surface area contributed by atoms with E-state index >= 15 is 0 Å². The quantitative estimate of drug-likeness (QED) is 0.939. The van der Waals surface area contributed by atoms with Crippen molar-refractivity contribution in [1.82, 2.24) is 13.6 Å². The van der Waals surface area contributed by atoms with Crippen LogP contribution in [0, 0.1) is 0 Å². The summed E-state index contributed by atoms with van der Waals surface area (Å²) in [5.41, 5.74) is 2.40. The number of hydrogen-bond acceptors (Lipinski definition) is 2. The average Bonchev–Trinajstić information content (AvgIpc) is 3.24. The summed E-state index contributed by atoms with van der Waals surface area (Å²) < 4.78 is 28.6. The molecule has 0 amide bonds. The molecule has 2 aliphatic heterocycles. The Kier molecular flexibility index (Phi) is 3.91. The Morgan fingerprint density at radius 3 is 2.30 bits per heavy atom. The summed E-state index contributed by atoms with van der Waals surface area (Å²) in [5, 5.41) is 1.23. The Morgan fingerprint density at radius 2 is 1.61 bits per heavy atom. The maximum atomic E-state index is 12.6. The van der Waals surface area contributed by atoms with Crippen molar-refractivity contribution in [3.8, 4) is 0 Å². The molecule has 2 aliphatic rings. The van der Waals surface area contributed by atoms with Crippen LogP contribution >= 0.6 is 0 Å². The fourth-order valence-electron chi connectivity index (χ4n) is 3.80. The van der Waals surface area contributed by atoms with Crippen LogP contribution < -0.4 is 0 Å². The first-order chi connectivity index (χ1) is 11.1. The summed E-state index contributed by atoms with van der Waals surface area (Å²) in [7, 11) is -3.24. The van der Waals surface area contributed by atoms with Gasteiger partial charge in [-0.15, -0.1) is 0 Å². The summed E-state index contributed by atoms with van der Waals surface area (Å²) in [6.45, 7) is 2.62. The van der Waals surface area contributed by atoms with Gasteiger partial charge >= 0.3 is 0 Å². The van der Waals surface area contributed by atoms with Gasteiger partial charge in [0.05, 0.1) is 0 Å². The Hall–Kier alpha value is -1.37. The van der Waals surface area contributed by atoms with Gasteiger partial charge in [-0.25, -0.2) is 0 Å². The minimum Gasteiger partial charge on any atom is -0.358 e. The van der Waals surface area contributed by atoms with Crippen molar-refractivity contribution in [2.45, 2.75) is 31.6 Å². The summed E-state index contributed by atoms with van der Waals surface area (Å²) in [4.78, 5) is 3.50. The third-order valence-electron chi connectivity index (χ3n) is 5.16. The lowest BCUT2D eigenvalue weighted by Gasteiger charge is -2.33. The predicted octanol–water partition coefficient (Wildman–Crippen LogP) is 2.69. The van der Waals surface area contributed by atoms with Crippen molar-refractivity contribution < 1.29 is 8.42 Å². The van der Waals surface area contributed by atoms with Gasteiger partial charge in [0.2, 0.25) is 0 Å². The molecule has 0 aliphatic carbocycles. The monoisotopic (exact) mass is 333 g/mol. The van der Waals surface area contributed by atoms with Gasteiger partial charge in [-0.05, 0) is 43.2 Å². The number of H-pyrrole nitrogens is 1. The van der Waals surface area contributed by atoms with E-state index in [4.69, 9.17) is 0 Å². The van der Waals surface area contributed by atoms with Crippen molar-refractivity contribution in [2.24, 2.45) is 0 Å². The van der Waals surface area contributed by atoms with E-state index in [2.05, 4.69) is 23.2 Å². The smallest absolute Gasteiger partial charge is 0.281 e. The summed E-state index contributed by atoms with van der Waals surface area (Å²) in [5.74, 6) is 0.424. The standard InChI is InChI=1S/C17H23N3O2S/c21-23(22,19-9-3-4-10-19)20-11-7-14(8-12-20)17-13-15-5-1-2-6-16(15)18-17/h1-2,5-6,13-14,18H,3-4,7-12H2. The number of nitrogens with one attached hydrogen (secondary N) is 1. The first-order valence-corrected chi connectivity index (χ1v) is 9.87. The van der Waals surface area contributed by atoms with Gasteiger partial charge in [0.15, 0.2) is 0 Å². The molecule has 124 valence electrons. The van der Waals surface area contributed by atoms with Crippen molar-refractivity contribution in [1.29, 1.82) is 0 Å². The zero-order valence-electron chi connectivity index (χ0n) is 13.2. The number of fused-ring (bicyclic) bond motifs is 1. The van der Waals surface area contributed by atoms with Gasteiger partial charge in [0, 0.05) is 43.3 Å². The minimum absolute atomic E-state index is 0.424. The number of aromatic nitrogens is 1. The highest BCUT2D eigenvalue weighted by molar-refractivity contribution is 7.86. The first-order valence-electron chi connectivity index (χ1n) is 8.47. The molecular weight excluding hydrogens is 310 g/mol. The maximum absolute atomic E-state index is 12.6. The topological polar surface area (TPSA) is 56.4 Å². The molecular formula is C17H23N3O2S. The highest BCUT2D eigenvalue weighted by Gasteiger charge is 2.34. The van der Waals surface area contributed by atoms with Gasteiger partial charge in [-0.3, -0.25) is 0 Å². The lowest BCUT2D eigenvalue weighted by molar-refractivity contribution is 0.294. The van der Waals surface area contributed by atoms with E-state index in [0.717, 1.165) is 31.2 Å². The minimum atomic E-state index is -3.24. The van der Waals surface area contributed by atoms with E-state index in [1.54, 1.807) is 8.61 Å². The predicted molar refractivity (Wildman–Crippen MR) is 91.6 cm³/mol. The molecule has 6 heteroatoms. The van der Waals surface area contributed by atoms with Crippen LogP contribution in [0.25, 0.3) is 10.9 Å².